The number of aliphatic imine (C=N–C) groups is 1. The maximum Gasteiger partial charge on any atom is 0.248 e. The lowest BCUT2D eigenvalue weighted by atomic mass is 10.1. The van der Waals surface area contributed by atoms with E-state index in [1.165, 1.54) is 5.56 Å². The van der Waals surface area contributed by atoms with E-state index in [9.17, 15) is 4.79 Å². The maximum absolute atomic E-state index is 11.1. The molecular weight excluding hydrogens is 368 g/mol. The first-order valence-corrected chi connectivity index (χ1v) is 9.70. The van der Waals surface area contributed by atoms with Gasteiger partial charge in [0.2, 0.25) is 5.91 Å². The molecule has 1 amide bonds. The molecule has 0 aromatic heterocycles. The number of primary amides is 1. The molecule has 0 aliphatic rings. The van der Waals surface area contributed by atoms with Crippen LogP contribution in [0.25, 0.3) is 0 Å². The molecule has 0 saturated carbocycles. The number of nitrogens with zero attached hydrogens (tertiary/aromatic N) is 1. The van der Waals surface area contributed by atoms with Gasteiger partial charge in [-0.15, -0.1) is 0 Å². The number of guanidine groups is 1. The summed E-state index contributed by atoms with van der Waals surface area (Å²) in [6.07, 6.45) is 1.87. The number of ether oxygens (including phenoxy) is 2. The molecule has 0 radical (unpaired) electrons. The van der Waals surface area contributed by atoms with Crippen molar-refractivity contribution >= 4 is 11.9 Å². The molecule has 0 unspecified atom stereocenters. The predicted molar refractivity (Wildman–Crippen MR) is 116 cm³/mol. The second kappa shape index (κ2) is 11.6. The van der Waals surface area contributed by atoms with Crippen molar-refractivity contribution in [3.8, 4) is 11.5 Å². The van der Waals surface area contributed by atoms with E-state index >= 15 is 0 Å². The maximum atomic E-state index is 11.1. The highest BCUT2D eigenvalue weighted by Crippen LogP contribution is 2.28. The smallest absolute Gasteiger partial charge is 0.248 e. The molecule has 0 aliphatic heterocycles. The fraction of sp³-hybridized carbons (Fsp3) is 0.364. The first kappa shape index (κ1) is 22.1. The molecule has 0 bridgehead atoms. The second-order valence-corrected chi connectivity index (χ2v) is 6.44. The topological polar surface area (TPSA) is 98.0 Å². The van der Waals surface area contributed by atoms with Gasteiger partial charge >= 0.3 is 0 Å². The van der Waals surface area contributed by atoms with Gasteiger partial charge in [0.1, 0.15) is 0 Å². The van der Waals surface area contributed by atoms with Gasteiger partial charge in [0, 0.05) is 25.7 Å². The molecule has 7 nitrogen and oxygen atoms in total. The molecule has 0 saturated heterocycles. The molecule has 156 valence electrons. The highest BCUT2D eigenvalue weighted by atomic mass is 16.5. The summed E-state index contributed by atoms with van der Waals surface area (Å²) in [6.45, 7) is 3.96. The molecule has 2 aromatic rings. The summed E-state index contributed by atoms with van der Waals surface area (Å²) in [5.41, 5.74) is 8.00. The molecule has 0 aliphatic carbocycles. The molecule has 0 spiro atoms. The SMILES string of the molecule is CCOc1cc(CCCNC(=NC)NCc2ccc(C(N)=O)cc2)ccc1OC. The number of nitrogens with two attached hydrogens (primary N) is 1. The van der Waals surface area contributed by atoms with Gasteiger partial charge in [-0.25, -0.2) is 0 Å². The number of carbonyl (C=O) groups is 1. The lowest BCUT2D eigenvalue weighted by molar-refractivity contribution is 0.100. The largest absolute Gasteiger partial charge is 0.493 e. The van der Waals surface area contributed by atoms with E-state index in [4.69, 9.17) is 15.2 Å². The lowest BCUT2D eigenvalue weighted by Gasteiger charge is -2.13. The van der Waals surface area contributed by atoms with Crippen LogP contribution in [0.15, 0.2) is 47.5 Å². The third-order valence-corrected chi connectivity index (χ3v) is 4.38. The average molecular weight is 399 g/mol. The molecular formula is C22H30N4O3. The van der Waals surface area contributed by atoms with Gasteiger partial charge in [-0.1, -0.05) is 18.2 Å². The van der Waals surface area contributed by atoms with Crippen molar-refractivity contribution in [3.05, 3.63) is 59.2 Å². The predicted octanol–water partition coefficient (Wildman–Crippen LogP) is 2.49. The standard InChI is InChI=1S/C22H30N4O3/c1-4-29-20-14-16(9-12-19(20)28-3)6-5-13-25-22(24-2)26-15-17-7-10-18(11-8-17)21(23)27/h7-12,14H,4-6,13,15H2,1-3H3,(H2,23,27)(H2,24,25,26). The van der Waals surface area contributed by atoms with Gasteiger partial charge in [0.05, 0.1) is 13.7 Å². The number of rotatable bonds is 10. The zero-order valence-corrected chi connectivity index (χ0v) is 17.3. The van der Waals surface area contributed by atoms with Crippen LogP contribution in [-0.2, 0) is 13.0 Å². The first-order chi connectivity index (χ1) is 14.1. The van der Waals surface area contributed by atoms with Crippen LogP contribution in [0, 0.1) is 0 Å². The molecule has 2 aromatic carbocycles. The highest BCUT2D eigenvalue weighted by Gasteiger charge is 2.06. The Morgan fingerprint density at radius 1 is 1.07 bits per heavy atom. The quantitative estimate of drug-likeness (QED) is 0.324. The Labute approximate surface area is 172 Å². The fourth-order valence-corrected chi connectivity index (χ4v) is 2.84. The van der Waals surface area contributed by atoms with Gasteiger partial charge in [-0.05, 0) is 55.2 Å². The van der Waals surface area contributed by atoms with Crippen molar-refractivity contribution in [1.29, 1.82) is 0 Å². The van der Waals surface area contributed by atoms with Gasteiger partial charge in [-0.2, -0.15) is 0 Å². The fourth-order valence-electron chi connectivity index (χ4n) is 2.84. The Morgan fingerprint density at radius 3 is 2.41 bits per heavy atom. The van der Waals surface area contributed by atoms with Gasteiger partial charge < -0.3 is 25.8 Å². The van der Waals surface area contributed by atoms with E-state index in [1.807, 2.05) is 31.2 Å². The summed E-state index contributed by atoms with van der Waals surface area (Å²) in [5.74, 6) is 1.84. The minimum atomic E-state index is -0.424. The van der Waals surface area contributed by atoms with Gasteiger partial charge in [-0.3, -0.25) is 9.79 Å². The average Bonchev–Trinajstić information content (AvgIpc) is 2.74. The van der Waals surface area contributed by atoms with Crippen molar-refractivity contribution in [2.24, 2.45) is 10.7 Å². The van der Waals surface area contributed by atoms with Crippen LogP contribution in [-0.4, -0.2) is 39.2 Å². The van der Waals surface area contributed by atoms with E-state index in [0.29, 0.717) is 18.7 Å². The van der Waals surface area contributed by atoms with Crippen molar-refractivity contribution in [2.45, 2.75) is 26.3 Å². The Morgan fingerprint density at radius 2 is 1.79 bits per heavy atom. The van der Waals surface area contributed by atoms with Crippen LogP contribution in [0.2, 0.25) is 0 Å². The molecule has 2 rings (SSSR count). The monoisotopic (exact) mass is 398 g/mol. The van der Waals surface area contributed by atoms with E-state index in [-0.39, 0.29) is 0 Å². The molecule has 0 atom stereocenters. The normalized spacial score (nSPS) is 11.1. The number of hydrogen-bond donors (Lipinski definition) is 3. The summed E-state index contributed by atoms with van der Waals surface area (Å²) < 4.78 is 11.0. The van der Waals surface area contributed by atoms with E-state index in [0.717, 1.165) is 42.4 Å². The Bertz CT molecular complexity index is 819. The number of benzene rings is 2. The van der Waals surface area contributed by atoms with Crippen LogP contribution in [0.4, 0.5) is 0 Å². The van der Waals surface area contributed by atoms with Crippen molar-refractivity contribution in [3.63, 3.8) is 0 Å². The second-order valence-electron chi connectivity index (χ2n) is 6.44. The third kappa shape index (κ3) is 7.03. The summed E-state index contributed by atoms with van der Waals surface area (Å²) in [7, 11) is 3.38. The summed E-state index contributed by atoms with van der Waals surface area (Å²) in [6, 6.07) is 13.2. The number of carbonyl (C=O) groups excluding carboxylic acids is 1. The Balaban J connectivity index is 1.77. The van der Waals surface area contributed by atoms with E-state index in [1.54, 1.807) is 26.3 Å². The van der Waals surface area contributed by atoms with E-state index < -0.39 is 5.91 Å². The third-order valence-electron chi connectivity index (χ3n) is 4.38. The number of amides is 1. The minimum absolute atomic E-state index is 0.424. The van der Waals surface area contributed by atoms with Gasteiger partial charge in [0.25, 0.3) is 0 Å². The molecule has 4 N–H and O–H groups in total. The highest BCUT2D eigenvalue weighted by molar-refractivity contribution is 5.92. The molecule has 0 fully saturated rings. The van der Waals surface area contributed by atoms with Gasteiger partial charge in [0.15, 0.2) is 17.5 Å². The van der Waals surface area contributed by atoms with Crippen LogP contribution < -0.4 is 25.8 Å². The number of aryl methyl sites for hydroxylation is 1. The summed E-state index contributed by atoms with van der Waals surface area (Å²) in [5, 5.41) is 6.57. The summed E-state index contributed by atoms with van der Waals surface area (Å²) in [4.78, 5) is 15.4. The number of nitrogens with one attached hydrogen (secondary N) is 2. The molecule has 7 heteroatoms. The molecule has 29 heavy (non-hydrogen) atoms. The summed E-state index contributed by atoms with van der Waals surface area (Å²) >= 11 is 0. The van der Waals surface area contributed by atoms with Crippen molar-refractivity contribution in [2.75, 3.05) is 27.3 Å². The minimum Gasteiger partial charge on any atom is -0.493 e. The lowest BCUT2D eigenvalue weighted by Crippen LogP contribution is -2.37. The van der Waals surface area contributed by atoms with Crippen LogP contribution in [0.5, 0.6) is 11.5 Å². The number of hydrogen-bond acceptors (Lipinski definition) is 4. The van der Waals surface area contributed by atoms with Crippen molar-refractivity contribution in [1.82, 2.24) is 10.6 Å². The molecule has 0 heterocycles. The van der Waals surface area contributed by atoms with E-state index in [2.05, 4.69) is 21.7 Å². The Kier molecular flexibility index (Phi) is 8.82. The van der Waals surface area contributed by atoms with Crippen LogP contribution in [0.3, 0.4) is 0 Å². The zero-order valence-electron chi connectivity index (χ0n) is 17.3. The van der Waals surface area contributed by atoms with Crippen LogP contribution >= 0.6 is 0 Å². The zero-order chi connectivity index (χ0) is 21.1. The Hall–Kier alpha value is -3.22. The first-order valence-electron chi connectivity index (χ1n) is 9.70. The van der Waals surface area contributed by atoms with Crippen molar-refractivity contribution < 1.29 is 14.3 Å². The van der Waals surface area contributed by atoms with Crippen LogP contribution in [0.1, 0.15) is 34.8 Å². The number of methoxy groups -OCH3 is 1.